The molecule has 0 saturated carbocycles. The van der Waals surface area contributed by atoms with Crippen LogP contribution in [0.5, 0.6) is 0 Å². The van der Waals surface area contributed by atoms with E-state index in [-0.39, 0.29) is 29.8 Å². The molecular formula is C15H26FIN4O. The molecule has 0 radical (unpaired) electrons. The SMILES string of the molecule is CN=C(NCCOC)NCCN(C)Cc1ccc(F)cc1.I. The maximum Gasteiger partial charge on any atom is 0.191 e. The Morgan fingerprint density at radius 2 is 1.86 bits per heavy atom. The summed E-state index contributed by atoms with van der Waals surface area (Å²) in [4.78, 5) is 6.30. The highest BCUT2D eigenvalue weighted by molar-refractivity contribution is 14.0. The first-order valence-corrected chi connectivity index (χ1v) is 7.02. The van der Waals surface area contributed by atoms with Crippen LogP contribution in [-0.4, -0.2) is 58.3 Å². The lowest BCUT2D eigenvalue weighted by atomic mass is 10.2. The van der Waals surface area contributed by atoms with Gasteiger partial charge in [-0.25, -0.2) is 4.39 Å². The number of benzene rings is 1. The second kappa shape index (κ2) is 12.6. The third-order valence-electron chi connectivity index (χ3n) is 2.97. The number of rotatable bonds is 8. The maximum atomic E-state index is 12.8. The van der Waals surface area contributed by atoms with Crippen LogP contribution in [0.4, 0.5) is 4.39 Å². The van der Waals surface area contributed by atoms with E-state index in [9.17, 15) is 4.39 Å². The monoisotopic (exact) mass is 424 g/mol. The minimum Gasteiger partial charge on any atom is -0.383 e. The van der Waals surface area contributed by atoms with Gasteiger partial charge in [-0.2, -0.15) is 0 Å². The number of hydrogen-bond donors (Lipinski definition) is 2. The van der Waals surface area contributed by atoms with E-state index in [2.05, 4.69) is 20.5 Å². The molecule has 0 atom stereocenters. The number of methoxy groups -OCH3 is 1. The molecule has 0 aliphatic carbocycles. The van der Waals surface area contributed by atoms with Gasteiger partial charge in [0, 0.05) is 40.3 Å². The van der Waals surface area contributed by atoms with Gasteiger partial charge in [0.25, 0.3) is 0 Å². The van der Waals surface area contributed by atoms with Gasteiger partial charge in [0.15, 0.2) is 5.96 Å². The van der Waals surface area contributed by atoms with Crippen molar-refractivity contribution in [3.05, 3.63) is 35.6 Å². The first-order chi connectivity index (χ1) is 10.2. The topological polar surface area (TPSA) is 48.9 Å². The Hall–Kier alpha value is -0.930. The average molecular weight is 424 g/mol. The van der Waals surface area contributed by atoms with E-state index in [0.29, 0.717) is 6.61 Å². The predicted octanol–water partition coefficient (Wildman–Crippen LogP) is 1.69. The number of guanidine groups is 1. The molecule has 7 heteroatoms. The van der Waals surface area contributed by atoms with Crippen LogP contribution in [0.3, 0.4) is 0 Å². The Labute approximate surface area is 149 Å². The molecule has 0 unspecified atom stereocenters. The largest absolute Gasteiger partial charge is 0.383 e. The summed E-state index contributed by atoms with van der Waals surface area (Å²) in [6.07, 6.45) is 0. The molecule has 1 rings (SSSR count). The number of likely N-dealkylation sites (N-methyl/N-ethyl adjacent to an activating group) is 1. The van der Waals surface area contributed by atoms with Gasteiger partial charge in [-0.05, 0) is 24.7 Å². The normalized spacial score (nSPS) is 11.2. The molecule has 22 heavy (non-hydrogen) atoms. The highest BCUT2D eigenvalue weighted by atomic mass is 127. The molecule has 126 valence electrons. The number of ether oxygens (including phenoxy) is 1. The molecule has 0 heterocycles. The van der Waals surface area contributed by atoms with Crippen molar-refractivity contribution in [2.45, 2.75) is 6.54 Å². The van der Waals surface area contributed by atoms with Crippen molar-refractivity contribution in [2.24, 2.45) is 4.99 Å². The molecule has 0 aliphatic rings. The summed E-state index contributed by atoms with van der Waals surface area (Å²) in [6, 6.07) is 6.60. The van der Waals surface area contributed by atoms with Crippen LogP contribution >= 0.6 is 24.0 Å². The van der Waals surface area contributed by atoms with Crippen molar-refractivity contribution in [2.75, 3.05) is 47.4 Å². The minimum absolute atomic E-state index is 0. The molecule has 0 aromatic heterocycles. The fourth-order valence-corrected chi connectivity index (χ4v) is 1.84. The number of nitrogens with zero attached hydrogens (tertiary/aromatic N) is 2. The maximum absolute atomic E-state index is 12.8. The molecule has 1 aromatic carbocycles. The summed E-state index contributed by atoms with van der Waals surface area (Å²) in [5.74, 6) is 0.566. The molecule has 0 spiro atoms. The summed E-state index contributed by atoms with van der Waals surface area (Å²) in [5.41, 5.74) is 1.10. The quantitative estimate of drug-likeness (QED) is 0.289. The van der Waals surface area contributed by atoms with Gasteiger partial charge >= 0.3 is 0 Å². The van der Waals surface area contributed by atoms with E-state index in [4.69, 9.17) is 4.74 Å². The lowest BCUT2D eigenvalue weighted by molar-refractivity contribution is 0.203. The molecular weight excluding hydrogens is 398 g/mol. The van der Waals surface area contributed by atoms with E-state index < -0.39 is 0 Å². The van der Waals surface area contributed by atoms with Crippen LogP contribution in [0.15, 0.2) is 29.3 Å². The Morgan fingerprint density at radius 1 is 1.23 bits per heavy atom. The van der Waals surface area contributed by atoms with Crippen molar-refractivity contribution in [1.82, 2.24) is 15.5 Å². The zero-order valence-electron chi connectivity index (χ0n) is 13.4. The molecule has 0 fully saturated rings. The standard InChI is InChI=1S/C15H25FN4O.HI/c1-17-15(19-9-11-21-3)18-8-10-20(2)12-13-4-6-14(16)7-5-13;/h4-7H,8-12H2,1-3H3,(H2,17,18,19);1H. The Bertz CT molecular complexity index is 428. The first kappa shape index (κ1) is 21.1. The van der Waals surface area contributed by atoms with Gasteiger partial charge in [-0.1, -0.05) is 12.1 Å². The zero-order chi connectivity index (χ0) is 15.5. The van der Waals surface area contributed by atoms with Crippen molar-refractivity contribution in [3.63, 3.8) is 0 Å². The van der Waals surface area contributed by atoms with Crippen LogP contribution in [0.2, 0.25) is 0 Å². The summed E-state index contributed by atoms with van der Waals surface area (Å²) in [7, 11) is 5.44. The van der Waals surface area contributed by atoms with E-state index in [0.717, 1.165) is 37.7 Å². The average Bonchev–Trinajstić information content (AvgIpc) is 2.48. The van der Waals surface area contributed by atoms with Crippen LogP contribution in [0, 0.1) is 5.82 Å². The highest BCUT2D eigenvalue weighted by Crippen LogP contribution is 2.04. The molecule has 0 aliphatic heterocycles. The van der Waals surface area contributed by atoms with Crippen LogP contribution in [0.1, 0.15) is 5.56 Å². The number of nitrogens with one attached hydrogen (secondary N) is 2. The van der Waals surface area contributed by atoms with Crippen molar-refractivity contribution in [3.8, 4) is 0 Å². The smallest absolute Gasteiger partial charge is 0.191 e. The lowest BCUT2D eigenvalue weighted by Crippen LogP contribution is -2.41. The van der Waals surface area contributed by atoms with Crippen molar-refractivity contribution >= 4 is 29.9 Å². The van der Waals surface area contributed by atoms with Crippen LogP contribution in [0.25, 0.3) is 0 Å². The second-order valence-corrected chi connectivity index (χ2v) is 4.78. The summed E-state index contributed by atoms with van der Waals surface area (Å²) in [5, 5.41) is 6.39. The fraction of sp³-hybridized carbons (Fsp3) is 0.533. The third kappa shape index (κ3) is 9.16. The number of halogens is 2. The van der Waals surface area contributed by atoms with Gasteiger partial charge in [0.05, 0.1) is 6.61 Å². The van der Waals surface area contributed by atoms with Crippen molar-refractivity contribution < 1.29 is 9.13 Å². The fourth-order valence-electron chi connectivity index (χ4n) is 1.84. The molecule has 0 amide bonds. The van der Waals surface area contributed by atoms with E-state index >= 15 is 0 Å². The van der Waals surface area contributed by atoms with Gasteiger partial charge in [-0.3, -0.25) is 4.99 Å². The van der Waals surface area contributed by atoms with Gasteiger partial charge in [-0.15, -0.1) is 24.0 Å². The minimum atomic E-state index is -0.200. The Kier molecular flexibility index (Phi) is 12.1. The molecule has 2 N–H and O–H groups in total. The summed E-state index contributed by atoms with van der Waals surface area (Å²) < 4.78 is 17.8. The van der Waals surface area contributed by atoms with Gasteiger partial charge < -0.3 is 20.3 Å². The number of hydrogen-bond acceptors (Lipinski definition) is 3. The molecule has 0 saturated heterocycles. The van der Waals surface area contributed by atoms with Crippen LogP contribution < -0.4 is 10.6 Å². The Balaban J connectivity index is 0.00000441. The van der Waals surface area contributed by atoms with Crippen molar-refractivity contribution in [1.29, 1.82) is 0 Å². The van der Waals surface area contributed by atoms with Crippen LogP contribution in [-0.2, 0) is 11.3 Å². The molecule has 0 bridgehead atoms. The zero-order valence-corrected chi connectivity index (χ0v) is 15.8. The predicted molar refractivity (Wildman–Crippen MR) is 99.4 cm³/mol. The third-order valence-corrected chi connectivity index (χ3v) is 2.97. The number of aliphatic imine (C=N–C) groups is 1. The first-order valence-electron chi connectivity index (χ1n) is 7.02. The summed E-state index contributed by atoms with van der Waals surface area (Å²) in [6.45, 7) is 3.80. The second-order valence-electron chi connectivity index (χ2n) is 4.78. The lowest BCUT2D eigenvalue weighted by Gasteiger charge is -2.18. The van der Waals surface area contributed by atoms with E-state index in [1.807, 2.05) is 19.2 Å². The molecule has 5 nitrogen and oxygen atoms in total. The Morgan fingerprint density at radius 3 is 2.45 bits per heavy atom. The van der Waals surface area contributed by atoms with E-state index in [1.54, 1.807) is 14.2 Å². The summed E-state index contributed by atoms with van der Waals surface area (Å²) >= 11 is 0. The molecule has 1 aromatic rings. The van der Waals surface area contributed by atoms with E-state index in [1.165, 1.54) is 12.1 Å². The highest BCUT2D eigenvalue weighted by Gasteiger charge is 2.02. The van der Waals surface area contributed by atoms with Gasteiger partial charge in [0.2, 0.25) is 0 Å². The van der Waals surface area contributed by atoms with Gasteiger partial charge in [0.1, 0.15) is 5.82 Å².